The van der Waals surface area contributed by atoms with E-state index in [0.29, 0.717) is 11.6 Å². The van der Waals surface area contributed by atoms with Gasteiger partial charge in [-0.3, -0.25) is 0 Å². The molecular weight excluding hydrogens is 322 g/mol. The number of aryl methyl sites for hydroxylation is 2. The maximum absolute atomic E-state index is 6.10. The summed E-state index contributed by atoms with van der Waals surface area (Å²) >= 11 is 9.44. The number of rotatable bonds is 4. The largest absolute Gasteiger partial charge is 0.492 e. The minimum atomic E-state index is 0.110. The highest BCUT2D eigenvalue weighted by atomic mass is 35.5. The lowest BCUT2D eigenvalue weighted by molar-refractivity contribution is 0.194. The van der Waals surface area contributed by atoms with Gasteiger partial charge in [0, 0.05) is 9.90 Å². The van der Waals surface area contributed by atoms with Gasteiger partial charge in [-0.15, -0.1) is 11.3 Å². The van der Waals surface area contributed by atoms with Gasteiger partial charge in [0.25, 0.3) is 0 Å². The van der Waals surface area contributed by atoms with E-state index in [4.69, 9.17) is 16.3 Å². The van der Waals surface area contributed by atoms with E-state index in [1.807, 2.05) is 25.1 Å². The normalized spacial score (nSPS) is 11.7. The lowest BCUT2D eigenvalue weighted by Gasteiger charge is -2.20. The third-order valence-corrected chi connectivity index (χ3v) is 5.20. The van der Waals surface area contributed by atoms with Crippen molar-refractivity contribution in [3.05, 3.63) is 33.8 Å². The summed E-state index contributed by atoms with van der Waals surface area (Å²) in [6, 6.07) is 5.77. The molecule has 1 aromatic heterocycles. The Morgan fingerprint density at radius 3 is 2.57 bits per heavy atom. The van der Waals surface area contributed by atoms with Crippen molar-refractivity contribution in [3.8, 4) is 5.75 Å². The van der Waals surface area contributed by atoms with Gasteiger partial charge in [0.2, 0.25) is 0 Å². The summed E-state index contributed by atoms with van der Waals surface area (Å²) in [4.78, 5) is 6.88. The summed E-state index contributed by atoms with van der Waals surface area (Å²) < 4.78 is 7.00. The van der Waals surface area contributed by atoms with Crippen molar-refractivity contribution >= 4 is 34.7 Å². The number of nitrogens with zero attached hydrogens (tertiary/aromatic N) is 1. The molecule has 1 heterocycles. The molecule has 0 saturated heterocycles. The molecular formula is C16H20ClNOS2. The van der Waals surface area contributed by atoms with Gasteiger partial charge in [-0.25, -0.2) is 4.98 Å². The fraction of sp³-hybridized carbons (Fsp3) is 0.438. The first-order valence-electron chi connectivity index (χ1n) is 6.79. The Morgan fingerprint density at radius 2 is 2.00 bits per heavy atom. The van der Waals surface area contributed by atoms with E-state index in [2.05, 4.69) is 32.7 Å². The molecule has 114 valence electrons. The lowest BCUT2D eigenvalue weighted by Crippen LogP contribution is -2.17. The van der Waals surface area contributed by atoms with Crippen LogP contribution in [0.25, 0.3) is 0 Å². The average Bonchev–Trinajstić information content (AvgIpc) is 2.68. The van der Waals surface area contributed by atoms with E-state index in [-0.39, 0.29) is 5.41 Å². The number of benzene rings is 1. The van der Waals surface area contributed by atoms with Crippen molar-refractivity contribution in [2.75, 3.05) is 6.61 Å². The highest BCUT2D eigenvalue weighted by Crippen LogP contribution is 2.39. The van der Waals surface area contributed by atoms with Crippen LogP contribution in [0.4, 0.5) is 0 Å². The summed E-state index contributed by atoms with van der Waals surface area (Å²) in [5.41, 5.74) is 1.20. The minimum absolute atomic E-state index is 0.110. The van der Waals surface area contributed by atoms with E-state index in [1.165, 1.54) is 4.88 Å². The van der Waals surface area contributed by atoms with Crippen LogP contribution in [-0.2, 0) is 0 Å². The molecule has 0 aliphatic heterocycles. The second-order valence-electron chi connectivity index (χ2n) is 6.16. The Balaban J connectivity index is 2.22. The van der Waals surface area contributed by atoms with Gasteiger partial charge in [-0.2, -0.15) is 0 Å². The Hall–Kier alpha value is -0.710. The Morgan fingerprint density at radius 1 is 1.29 bits per heavy atom. The highest BCUT2D eigenvalue weighted by Gasteiger charge is 2.15. The predicted molar refractivity (Wildman–Crippen MR) is 92.1 cm³/mol. The molecule has 2 nitrogen and oxygen atoms in total. The van der Waals surface area contributed by atoms with Gasteiger partial charge in [-0.1, -0.05) is 44.1 Å². The zero-order valence-corrected chi connectivity index (χ0v) is 15.4. The van der Waals surface area contributed by atoms with Crippen molar-refractivity contribution < 1.29 is 4.74 Å². The predicted octanol–water partition coefficient (Wildman–Crippen LogP) is 5.99. The second kappa shape index (κ2) is 6.59. The van der Waals surface area contributed by atoms with Crippen molar-refractivity contribution in [2.24, 2.45) is 5.41 Å². The summed E-state index contributed by atoms with van der Waals surface area (Å²) in [7, 11) is 0. The van der Waals surface area contributed by atoms with Crippen molar-refractivity contribution in [3.63, 3.8) is 0 Å². The topological polar surface area (TPSA) is 22.1 Å². The second-order valence-corrected chi connectivity index (χ2v) is 9.09. The Bertz CT molecular complexity index is 612. The first kappa shape index (κ1) is 16.7. The maximum Gasteiger partial charge on any atom is 0.155 e. The van der Waals surface area contributed by atoms with E-state index >= 15 is 0 Å². The zero-order chi connectivity index (χ0) is 15.6. The van der Waals surface area contributed by atoms with E-state index in [9.17, 15) is 0 Å². The van der Waals surface area contributed by atoms with Crippen molar-refractivity contribution in [1.29, 1.82) is 0 Å². The van der Waals surface area contributed by atoms with E-state index in [1.54, 1.807) is 23.1 Å². The number of ether oxygens (including phenoxy) is 1. The van der Waals surface area contributed by atoms with Crippen LogP contribution >= 0.6 is 34.7 Å². The third-order valence-electron chi connectivity index (χ3n) is 2.77. The molecule has 5 heteroatoms. The first-order valence-corrected chi connectivity index (χ1v) is 8.80. The molecule has 0 bridgehead atoms. The monoisotopic (exact) mass is 341 g/mol. The molecule has 0 aliphatic carbocycles. The molecule has 0 N–H and O–H groups in total. The van der Waals surface area contributed by atoms with Crippen LogP contribution in [0.2, 0.25) is 5.02 Å². The molecule has 0 saturated carbocycles. The lowest BCUT2D eigenvalue weighted by atomic mass is 9.99. The van der Waals surface area contributed by atoms with Gasteiger partial charge in [0.05, 0.1) is 17.2 Å². The molecule has 0 fully saturated rings. The number of halogens is 1. The molecule has 0 aliphatic rings. The highest BCUT2D eigenvalue weighted by molar-refractivity contribution is 8.01. The molecule has 0 unspecified atom stereocenters. The standard InChI is InChI=1S/C16H20ClNOS2/c1-10-11(2)20-15(18-10)21-14-7-6-12(17)8-13(14)19-9-16(3,4)5/h6-8H,9H2,1-5H3. The number of hydrogen-bond acceptors (Lipinski definition) is 4. The molecule has 1 aromatic carbocycles. The third kappa shape index (κ3) is 4.90. The van der Waals surface area contributed by atoms with E-state index < -0.39 is 0 Å². The minimum Gasteiger partial charge on any atom is -0.492 e. The molecule has 0 radical (unpaired) electrons. The van der Waals surface area contributed by atoms with Gasteiger partial charge in [0.1, 0.15) is 5.75 Å². The van der Waals surface area contributed by atoms with Gasteiger partial charge in [-0.05, 0) is 37.5 Å². The molecule has 21 heavy (non-hydrogen) atoms. The van der Waals surface area contributed by atoms with Crippen molar-refractivity contribution in [1.82, 2.24) is 4.98 Å². The number of thiazole rings is 1. The van der Waals surface area contributed by atoms with Crippen LogP contribution in [0.15, 0.2) is 27.4 Å². The fourth-order valence-electron chi connectivity index (χ4n) is 1.55. The van der Waals surface area contributed by atoms with Crippen LogP contribution in [0.1, 0.15) is 31.3 Å². The molecule has 0 amide bonds. The van der Waals surface area contributed by atoms with Crippen LogP contribution in [0.5, 0.6) is 5.75 Å². The van der Waals surface area contributed by atoms with Gasteiger partial charge >= 0.3 is 0 Å². The van der Waals surface area contributed by atoms with Crippen LogP contribution in [0, 0.1) is 19.3 Å². The van der Waals surface area contributed by atoms with Crippen molar-refractivity contribution in [2.45, 2.75) is 43.9 Å². The van der Waals surface area contributed by atoms with E-state index in [0.717, 1.165) is 20.7 Å². The van der Waals surface area contributed by atoms with Gasteiger partial charge in [0.15, 0.2) is 4.34 Å². The van der Waals surface area contributed by atoms with Crippen LogP contribution in [-0.4, -0.2) is 11.6 Å². The average molecular weight is 342 g/mol. The first-order chi connectivity index (χ1) is 9.74. The summed E-state index contributed by atoms with van der Waals surface area (Å²) in [6.07, 6.45) is 0. The number of hydrogen-bond donors (Lipinski definition) is 0. The molecule has 2 aromatic rings. The summed E-state index contributed by atoms with van der Waals surface area (Å²) in [6.45, 7) is 11.2. The maximum atomic E-state index is 6.10. The van der Waals surface area contributed by atoms with Gasteiger partial charge < -0.3 is 4.74 Å². The molecule has 0 spiro atoms. The summed E-state index contributed by atoms with van der Waals surface area (Å²) in [5, 5.41) is 0.690. The van der Waals surface area contributed by atoms with Crippen LogP contribution in [0.3, 0.4) is 0 Å². The number of aromatic nitrogens is 1. The SMILES string of the molecule is Cc1nc(Sc2ccc(Cl)cc2OCC(C)(C)C)sc1C. The smallest absolute Gasteiger partial charge is 0.155 e. The molecule has 2 rings (SSSR count). The Labute approximate surface area is 139 Å². The fourth-order valence-corrected chi connectivity index (χ4v) is 3.89. The summed E-state index contributed by atoms with van der Waals surface area (Å²) in [5.74, 6) is 0.827. The quantitative estimate of drug-likeness (QED) is 0.681. The zero-order valence-electron chi connectivity index (χ0n) is 13.0. The Kier molecular flexibility index (Phi) is 5.23. The van der Waals surface area contributed by atoms with Crippen LogP contribution < -0.4 is 4.74 Å². The molecule has 0 atom stereocenters.